The van der Waals surface area contributed by atoms with E-state index in [0.717, 1.165) is 28.9 Å². The first-order valence-electron chi connectivity index (χ1n) is 8.00. The lowest BCUT2D eigenvalue weighted by Crippen LogP contribution is -2.12. The van der Waals surface area contributed by atoms with Gasteiger partial charge in [0.15, 0.2) is 0 Å². The van der Waals surface area contributed by atoms with Crippen LogP contribution in [0.2, 0.25) is 0 Å². The van der Waals surface area contributed by atoms with Crippen LogP contribution in [0, 0.1) is 0 Å². The molecule has 0 fully saturated rings. The molecule has 6 heteroatoms. The third-order valence-electron chi connectivity index (χ3n) is 3.47. The van der Waals surface area contributed by atoms with E-state index in [4.69, 9.17) is 0 Å². The maximum absolute atomic E-state index is 11.7. The number of amides is 2. The zero-order valence-electron chi connectivity index (χ0n) is 13.7. The van der Waals surface area contributed by atoms with Crippen molar-refractivity contribution in [2.45, 2.75) is 19.3 Å². The van der Waals surface area contributed by atoms with Crippen molar-refractivity contribution in [3.63, 3.8) is 0 Å². The van der Waals surface area contributed by atoms with Crippen LogP contribution >= 0.6 is 31.9 Å². The van der Waals surface area contributed by atoms with E-state index in [1.807, 2.05) is 48.5 Å². The molecule has 2 aromatic carbocycles. The zero-order chi connectivity index (χ0) is 18.1. The van der Waals surface area contributed by atoms with Gasteiger partial charge in [0.25, 0.3) is 0 Å². The monoisotopic (exact) mass is 466 g/mol. The number of benzene rings is 2. The maximum Gasteiger partial charge on any atom is 0.225 e. The minimum absolute atomic E-state index is 0.00877. The molecule has 0 heterocycles. The highest BCUT2D eigenvalue weighted by molar-refractivity contribution is 9.09. The molecule has 0 spiro atoms. The van der Waals surface area contributed by atoms with Crippen molar-refractivity contribution in [2.24, 2.45) is 0 Å². The molecule has 0 unspecified atom stereocenters. The molecular formula is C19H20Br2N2O2. The smallest absolute Gasteiger partial charge is 0.225 e. The summed E-state index contributed by atoms with van der Waals surface area (Å²) in [6.07, 6.45) is 1.62. The number of rotatable bonds is 8. The second-order valence-electron chi connectivity index (χ2n) is 5.55. The quantitative estimate of drug-likeness (QED) is 0.551. The Balaban J connectivity index is 2.04. The number of carbonyl (C=O) groups is 2. The first-order chi connectivity index (χ1) is 12.1. The average Bonchev–Trinajstić information content (AvgIpc) is 2.56. The molecule has 0 aliphatic carbocycles. The van der Waals surface area contributed by atoms with E-state index in [1.54, 1.807) is 0 Å². The minimum atomic E-state index is -0.00877. The summed E-state index contributed by atoms with van der Waals surface area (Å²) in [7, 11) is 0. The summed E-state index contributed by atoms with van der Waals surface area (Å²) in [6, 6.07) is 15.6. The van der Waals surface area contributed by atoms with Crippen LogP contribution in [-0.4, -0.2) is 22.5 Å². The van der Waals surface area contributed by atoms with Gasteiger partial charge in [-0.1, -0.05) is 56.1 Å². The number of hydrogen-bond donors (Lipinski definition) is 2. The molecule has 4 nitrogen and oxygen atoms in total. The van der Waals surface area contributed by atoms with Gasteiger partial charge >= 0.3 is 0 Å². The van der Waals surface area contributed by atoms with Crippen LogP contribution in [0.15, 0.2) is 48.5 Å². The van der Waals surface area contributed by atoms with Gasteiger partial charge in [0, 0.05) is 34.9 Å². The van der Waals surface area contributed by atoms with E-state index in [9.17, 15) is 9.59 Å². The maximum atomic E-state index is 11.7. The molecular weight excluding hydrogens is 448 g/mol. The summed E-state index contributed by atoms with van der Waals surface area (Å²) in [5.41, 5.74) is 3.79. The summed E-state index contributed by atoms with van der Waals surface area (Å²) in [6.45, 7) is 0. The largest absolute Gasteiger partial charge is 0.326 e. The van der Waals surface area contributed by atoms with Crippen LogP contribution in [0.25, 0.3) is 0 Å². The van der Waals surface area contributed by atoms with Crippen LogP contribution in [-0.2, 0) is 16.0 Å². The van der Waals surface area contributed by atoms with Gasteiger partial charge < -0.3 is 10.6 Å². The normalized spacial score (nSPS) is 10.3. The van der Waals surface area contributed by atoms with Gasteiger partial charge in [0.1, 0.15) is 0 Å². The minimum Gasteiger partial charge on any atom is -0.326 e. The van der Waals surface area contributed by atoms with Gasteiger partial charge in [-0.15, -0.1) is 0 Å². The fourth-order valence-electron chi connectivity index (χ4n) is 2.37. The number of anilines is 2. The Hall–Kier alpha value is -1.66. The summed E-state index contributed by atoms with van der Waals surface area (Å²) in [5.74, 6) is -0.0175. The number of alkyl halides is 2. The van der Waals surface area contributed by atoms with Gasteiger partial charge in [-0.25, -0.2) is 0 Å². The molecule has 0 aliphatic heterocycles. The van der Waals surface area contributed by atoms with Gasteiger partial charge in [-0.2, -0.15) is 0 Å². The Morgan fingerprint density at radius 1 is 0.760 bits per heavy atom. The second-order valence-corrected chi connectivity index (χ2v) is 7.14. The Bertz CT molecular complexity index is 673. The molecule has 2 aromatic rings. The molecule has 2 amide bonds. The van der Waals surface area contributed by atoms with Gasteiger partial charge in [-0.05, 0) is 41.8 Å². The summed E-state index contributed by atoms with van der Waals surface area (Å²) in [4.78, 5) is 23.4. The summed E-state index contributed by atoms with van der Waals surface area (Å²) >= 11 is 6.52. The lowest BCUT2D eigenvalue weighted by Gasteiger charge is -2.09. The van der Waals surface area contributed by atoms with Crippen molar-refractivity contribution in [1.82, 2.24) is 0 Å². The molecule has 0 saturated carbocycles. The van der Waals surface area contributed by atoms with Crippen molar-refractivity contribution in [3.05, 3.63) is 59.7 Å². The van der Waals surface area contributed by atoms with Gasteiger partial charge in [0.05, 0.1) is 0 Å². The third kappa shape index (κ3) is 7.00. The average molecular weight is 468 g/mol. The molecule has 2 rings (SSSR count). The number of carbonyl (C=O) groups excluding carboxylic acids is 2. The molecule has 0 atom stereocenters. The van der Waals surface area contributed by atoms with Crippen LogP contribution in [0.5, 0.6) is 0 Å². The first-order valence-corrected chi connectivity index (χ1v) is 10.2. The molecule has 0 radical (unpaired) electrons. The Morgan fingerprint density at radius 3 is 1.60 bits per heavy atom. The number of nitrogens with one attached hydrogen (secondary N) is 2. The topological polar surface area (TPSA) is 58.2 Å². The van der Waals surface area contributed by atoms with E-state index >= 15 is 0 Å². The number of halogens is 2. The highest BCUT2D eigenvalue weighted by Gasteiger charge is 2.05. The van der Waals surface area contributed by atoms with E-state index in [1.165, 1.54) is 0 Å². The third-order valence-corrected chi connectivity index (χ3v) is 4.27. The highest BCUT2D eigenvalue weighted by Crippen LogP contribution is 2.18. The Kier molecular flexibility index (Phi) is 8.15. The lowest BCUT2D eigenvalue weighted by molar-refractivity contribution is -0.116. The highest BCUT2D eigenvalue weighted by atomic mass is 79.9. The van der Waals surface area contributed by atoms with Crippen LogP contribution in [0.1, 0.15) is 24.0 Å². The predicted molar refractivity (Wildman–Crippen MR) is 110 cm³/mol. The Morgan fingerprint density at radius 2 is 1.20 bits per heavy atom. The molecule has 0 saturated heterocycles. The van der Waals surface area contributed by atoms with Crippen molar-refractivity contribution in [3.8, 4) is 0 Å². The second kappa shape index (κ2) is 10.4. The van der Waals surface area contributed by atoms with E-state index in [0.29, 0.717) is 23.5 Å². The van der Waals surface area contributed by atoms with E-state index in [-0.39, 0.29) is 11.8 Å². The predicted octanol–water partition coefficient (Wildman–Crippen LogP) is 4.72. The number of hydrogen-bond acceptors (Lipinski definition) is 2. The SMILES string of the molecule is O=C(CCBr)Nc1cccc(Cc2cccc(NC(=O)CCBr)c2)c1. The fourth-order valence-corrected chi connectivity index (χ4v) is 3.09. The van der Waals surface area contributed by atoms with Crippen LogP contribution < -0.4 is 10.6 Å². The summed E-state index contributed by atoms with van der Waals surface area (Å²) in [5, 5.41) is 7.07. The van der Waals surface area contributed by atoms with E-state index in [2.05, 4.69) is 42.5 Å². The lowest BCUT2D eigenvalue weighted by atomic mass is 10.0. The molecule has 132 valence electrons. The van der Waals surface area contributed by atoms with Crippen molar-refractivity contribution in [1.29, 1.82) is 0 Å². The Labute approximate surface area is 164 Å². The van der Waals surface area contributed by atoms with Crippen LogP contribution in [0.4, 0.5) is 11.4 Å². The molecule has 0 aromatic heterocycles. The summed E-state index contributed by atoms with van der Waals surface area (Å²) < 4.78 is 0. The first kappa shape index (κ1) is 19.7. The van der Waals surface area contributed by atoms with Crippen molar-refractivity contribution in [2.75, 3.05) is 21.3 Å². The van der Waals surface area contributed by atoms with E-state index < -0.39 is 0 Å². The molecule has 0 bridgehead atoms. The van der Waals surface area contributed by atoms with Gasteiger partial charge in [-0.3, -0.25) is 9.59 Å². The molecule has 25 heavy (non-hydrogen) atoms. The van der Waals surface area contributed by atoms with Gasteiger partial charge in [0.2, 0.25) is 11.8 Å². The standard InChI is InChI=1S/C19H20Br2N2O2/c20-9-7-18(24)22-16-5-1-3-14(12-16)11-15-4-2-6-17(13-15)23-19(25)8-10-21/h1-6,12-13H,7-11H2,(H,22,24)(H,23,25). The van der Waals surface area contributed by atoms with Crippen LogP contribution in [0.3, 0.4) is 0 Å². The fraction of sp³-hybridized carbons (Fsp3) is 0.263. The molecule has 2 N–H and O–H groups in total. The van der Waals surface area contributed by atoms with Crippen molar-refractivity contribution < 1.29 is 9.59 Å². The molecule has 0 aliphatic rings. The zero-order valence-corrected chi connectivity index (χ0v) is 16.9. The van der Waals surface area contributed by atoms with Crippen molar-refractivity contribution >= 4 is 55.0 Å².